The molecule has 2 nitrogen and oxygen atoms in total. The van der Waals surface area contributed by atoms with Crippen molar-refractivity contribution in [2.75, 3.05) is 19.4 Å². The van der Waals surface area contributed by atoms with E-state index in [4.69, 9.17) is 4.74 Å². The molecule has 1 saturated heterocycles. The molecular weight excluding hydrogens is 158 g/mol. The number of rotatable bonds is 2. The standard InChI is InChI=1S/C8H17NOS/c1-7(10-3)8(2)9-5-4-6-11-8/h7,9H,4-6H2,1-3H3. The summed E-state index contributed by atoms with van der Waals surface area (Å²) in [5.41, 5.74) is 0. The zero-order chi connectivity index (χ0) is 8.32. The lowest BCUT2D eigenvalue weighted by Gasteiger charge is -2.38. The Morgan fingerprint density at radius 2 is 2.36 bits per heavy atom. The predicted molar refractivity (Wildman–Crippen MR) is 50.0 cm³/mol. The molecule has 1 fully saturated rings. The lowest BCUT2D eigenvalue weighted by atomic mass is 10.2. The molecule has 0 aromatic rings. The first-order valence-corrected chi connectivity index (χ1v) is 5.09. The van der Waals surface area contributed by atoms with E-state index in [0.717, 1.165) is 6.54 Å². The van der Waals surface area contributed by atoms with E-state index in [9.17, 15) is 0 Å². The third kappa shape index (κ3) is 2.10. The van der Waals surface area contributed by atoms with E-state index in [1.165, 1.54) is 12.2 Å². The van der Waals surface area contributed by atoms with Gasteiger partial charge in [0.05, 0.1) is 11.0 Å². The number of ether oxygens (including phenoxy) is 1. The smallest absolute Gasteiger partial charge is 0.0878 e. The van der Waals surface area contributed by atoms with Gasteiger partial charge in [-0.15, -0.1) is 11.8 Å². The van der Waals surface area contributed by atoms with Gasteiger partial charge < -0.3 is 10.1 Å². The minimum atomic E-state index is 0.132. The van der Waals surface area contributed by atoms with E-state index in [0.29, 0.717) is 0 Å². The minimum Gasteiger partial charge on any atom is -0.379 e. The molecule has 1 heterocycles. The molecule has 0 aliphatic carbocycles. The molecule has 11 heavy (non-hydrogen) atoms. The Bertz CT molecular complexity index is 123. The largest absolute Gasteiger partial charge is 0.379 e. The van der Waals surface area contributed by atoms with Crippen LogP contribution < -0.4 is 5.32 Å². The van der Waals surface area contributed by atoms with Gasteiger partial charge in [-0.3, -0.25) is 0 Å². The van der Waals surface area contributed by atoms with Crippen molar-refractivity contribution in [1.29, 1.82) is 0 Å². The summed E-state index contributed by atoms with van der Waals surface area (Å²) < 4.78 is 5.31. The molecule has 0 spiro atoms. The zero-order valence-electron chi connectivity index (χ0n) is 7.52. The molecule has 0 amide bonds. The normalized spacial score (nSPS) is 35.2. The summed E-state index contributed by atoms with van der Waals surface area (Å²) in [6.07, 6.45) is 1.56. The van der Waals surface area contributed by atoms with Gasteiger partial charge in [-0.05, 0) is 32.6 Å². The number of nitrogens with one attached hydrogen (secondary N) is 1. The van der Waals surface area contributed by atoms with Crippen molar-refractivity contribution in [1.82, 2.24) is 5.32 Å². The Hall–Kier alpha value is 0.270. The summed E-state index contributed by atoms with van der Waals surface area (Å²) in [6.45, 7) is 5.45. The van der Waals surface area contributed by atoms with Crippen LogP contribution in [-0.4, -0.2) is 30.4 Å². The Kier molecular flexibility index (Phi) is 3.22. The maximum atomic E-state index is 5.31. The second-order valence-electron chi connectivity index (χ2n) is 3.11. The molecule has 0 saturated carbocycles. The molecule has 0 bridgehead atoms. The van der Waals surface area contributed by atoms with Gasteiger partial charge in [0, 0.05) is 7.11 Å². The maximum absolute atomic E-state index is 5.31. The van der Waals surface area contributed by atoms with Gasteiger partial charge in [0.1, 0.15) is 0 Å². The van der Waals surface area contributed by atoms with E-state index < -0.39 is 0 Å². The van der Waals surface area contributed by atoms with Crippen LogP contribution in [0.15, 0.2) is 0 Å². The number of hydrogen-bond donors (Lipinski definition) is 1. The van der Waals surface area contributed by atoms with Crippen molar-refractivity contribution in [2.24, 2.45) is 0 Å². The molecule has 2 atom stereocenters. The quantitative estimate of drug-likeness (QED) is 0.686. The Labute approximate surface area is 73.1 Å². The third-order valence-electron chi connectivity index (χ3n) is 2.33. The lowest BCUT2D eigenvalue weighted by Crippen LogP contribution is -2.51. The van der Waals surface area contributed by atoms with Crippen LogP contribution in [0.2, 0.25) is 0 Å². The number of thioether (sulfide) groups is 1. The minimum absolute atomic E-state index is 0.132. The Morgan fingerprint density at radius 1 is 1.64 bits per heavy atom. The van der Waals surface area contributed by atoms with Crippen LogP contribution in [0.1, 0.15) is 20.3 Å². The summed E-state index contributed by atoms with van der Waals surface area (Å²) in [4.78, 5) is 0.132. The predicted octanol–water partition coefficient (Wildman–Crippen LogP) is 1.46. The van der Waals surface area contributed by atoms with Crippen LogP contribution in [0, 0.1) is 0 Å². The second kappa shape index (κ2) is 3.78. The third-order valence-corrected chi connectivity index (χ3v) is 3.90. The highest BCUT2D eigenvalue weighted by molar-refractivity contribution is 8.00. The molecule has 1 rings (SSSR count). The molecule has 0 aromatic heterocycles. The SMILES string of the molecule is COC(C)C1(C)NCCCS1. The topological polar surface area (TPSA) is 21.3 Å². The van der Waals surface area contributed by atoms with Crippen LogP contribution in [0.5, 0.6) is 0 Å². The number of methoxy groups -OCH3 is 1. The van der Waals surface area contributed by atoms with Crippen LogP contribution in [0.3, 0.4) is 0 Å². The van der Waals surface area contributed by atoms with E-state index in [2.05, 4.69) is 19.2 Å². The molecule has 1 aliphatic rings. The van der Waals surface area contributed by atoms with Gasteiger partial charge in [-0.2, -0.15) is 0 Å². The maximum Gasteiger partial charge on any atom is 0.0878 e. The van der Waals surface area contributed by atoms with E-state index in [1.54, 1.807) is 7.11 Å². The van der Waals surface area contributed by atoms with Crippen molar-refractivity contribution in [3.8, 4) is 0 Å². The Balaban J connectivity index is 2.49. The van der Waals surface area contributed by atoms with Crippen molar-refractivity contribution in [3.63, 3.8) is 0 Å². The fourth-order valence-electron chi connectivity index (χ4n) is 1.23. The van der Waals surface area contributed by atoms with Gasteiger partial charge in [0.15, 0.2) is 0 Å². The van der Waals surface area contributed by atoms with Crippen molar-refractivity contribution in [2.45, 2.75) is 31.2 Å². The van der Waals surface area contributed by atoms with E-state index in [-0.39, 0.29) is 11.0 Å². The fourth-order valence-corrected chi connectivity index (χ4v) is 2.48. The first-order valence-electron chi connectivity index (χ1n) is 4.11. The highest BCUT2D eigenvalue weighted by Gasteiger charge is 2.33. The summed E-state index contributed by atoms with van der Waals surface area (Å²) in [6, 6.07) is 0. The summed E-state index contributed by atoms with van der Waals surface area (Å²) >= 11 is 1.96. The van der Waals surface area contributed by atoms with Gasteiger partial charge in [0.25, 0.3) is 0 Å². The molecule has 1 aliphatic heterocycles. The first-order chi connectivity index (χ1) is 5.19. The highest BCUT2D eigenvalue weighted by atomic mass is 32.2. The van der Waals surface area contributed by atoms with Gasteiger partial charge in [-0.25, -0.2) is 0 Å². The van der Waals surface area contributed by atoms with E-state index >= 15 is 0 Å². The van der Waals surface area contributed by atoms with Gasteiger partial charge in [0.2, 0.25) is 0 Å². The van der Waals surface area contributed by atoms with E-state index in [1.807, 2.05) is 11.8 Å². The number of hydrogen-bond acceptors (Lipinski definition) is 3. The molecule has 0 aromatic carbocycles. The summed E-state index contributed by atoms with van der Waals surface area (Å²) in [5.74, 6) is 1.25. The van der Waals surface area contributed by atoms with Crippen molar-refractivity contribution >= 4 is 11.8 Å². The lowest BCUT2D eigenvalue weighted by molar-refractivity contribution is 0.0752. The van der Waals surface area contributed by atoms with Crippen LogP contribution in [0.4, 0.5) is 0 Å². The van der Waals surface area contributed by atoms with Crippen LogP contribution >= 0.6 is 11.8 Å². The molecular formula is C8H17NOS. The second-order valence-corrected chi connectivity index (χ2v) is 4.66. The molecule has 2 unspecified atom stereocenters. The molecule has 1 N–H and O–H groups in total. The fraction of sp³-hybridized carbons (Fsp3) is 1.00. The molecule has 3 heteroatoms. The van der Waals surface area contributed by atoms with Crippen LogP contribution in [-0.2, 0) is 4.74 Å². The highest BCUT2D eigenvalue weighted by Crippen LogP contribution is 2.30. The Morgan fingerprint density at radius 3 is 2.82 bits per heavy atom. The first kappa shape index (κ1) is 9.36. The summed E-state index contributed by atoms with van der Waals surface area (Å²) in [5, 5.41) is 3.48. The molecule has 66 valence electrons. The summed E-state index contributed by atoms with van der Waals surface area (Å²) in [7, 11) is 1.77. The van der Waals surface area contributed by atoms with Crippen molar-refractivity contribution in [3.05, 3.63) is 0 Å². The zero-order valence-corrected chi connectivity index (χ0v) is 8.33. The average Bonchev–Trinajstić information content (AvgIpc) is 2.04. The monoisotopic (exact) mass is 175 g/mol. The van der Waals surface area contributed by atoms with Gasteiger partial charge in [-0.1, -0.05) is 0 Å². The van der Waals surface area contributed by atoms with Crippen molar-refractivity contribution < 1.29 is 4.74 Å². The van der Waals surface area contributed by atoms with Crippen LogP contribution in [0.25, 0.3) is 0 Å². The van der Waals surface area contributed by atoms with Gasteiger partial charge >= 0.3 is 0 Å². The average molecular weight is 175 g/mol. The molecule has 0 radical (unpaired) electrons.